The average Bonchev–Trinajstić information content (AvgIpc) is 3.36. The first-order valence-electron chi connectivity index (χ1n) is 8.40. The van der Waals surface area contributed by atoms with E-state index in [1.807, 2.05) is 0 Å². The smallest absolute Gasteiger partial charge is 0.326 e. The maximum Gasteiger partial charge on any atom is 0.326 e. The van der Waals surface area contributed by atoms with Crippen LogP contribution in [0.1, 0.15) is 41.6 Å². The summed E-state index contributed by atoms with van der Waals surface area (Å²) in [7, 11) is -3.35. The van der Waals surface area contributed by atoms with Crippen molar-refractivity contribution in [2.45, 2.75) is 38.1 Å². The van der Waals surface area contributed by atoms with Gasteiger partial charge in [-0.1, -0.05) is 12.8 Å². The summed E-state index contributed by atoms with van der Waals surface area (Å²) in [6.45, 7) is 0.430. The van der Waals surface area contributed by atoms with Crippen LogP contribution in [0.3, 0.4) is 0 Å². The zero-order valence-electron chi connectivity index (χ0n) is 14.1. The number of carbonyl (C=O) groups excluding carboxylic acids is 1. The van der Waals surface area contributed by atoms with Crippen molar-refractivity contribution in [2.24, 2.45) is 5.92 Å². The predicted octanol–water partition coefficient (Wildman–Crippen LogP) is 1.38. The lowest BCUT2D eigenvalue weighted by Gasteiger charge is -2.29. The van der Waals surface area contributed by atoms with Crippen molar-refractivity contribution in [3.63, 3.8) is 0 Å². The minimum atomic E-state index is -3.35. The lowest BCUT2D eigenvalue weighted by molar-refractivity contribution is -0.139. The van der Waals surface area contributed by atoms with E-state index in [1.54, 1.807) is 18.2 Å². The Morgan fingerprint density at radius 3 is 2.68 bits per heavy atom. The summed E-state index contributed by atoms with van der Waals surface area (Å²) in [6.07, 6.45) is 5.02. The molecule has 136 valence electrons. The van der Waals surface area contributed by atoms with Crippen LogP contribution in [0.25, 0.3) is 0 Å². The number of anilines is 1. The lowest BCUT2D eigenvalue weighted by atomic mass is 10.00. The zero-order chi connectivity index (χ0) is 18.2. The number of nitrogens with zero attached hydrogens (tertiary/aromatic N) is 1. The topological polar surface area (TPSA) is 104 Å². The number of carbonyl (C=O) groups is 2. The molecule has 1 aliphatic heterocycles. The molecule has 3 rings (SSSR count). The van der Waals surface area contributed by atoms with Crippen molar-refractivity contribution in [1.82, 2.24) is 5.32 Å². The molecule has 1 saturated carbocycles. The minimum Gasteiger partial charge on any atom is -0.480 e. The van der Waals surface area contributed by atoms with E-state index in [4.69, 9.17) is 0 Å². The van der Waals surface area contributed by atoms with Gasteiger partial charge in [-0.15, -0.1) is 0 Å². The fraction of sp³-hybridized carbons (Fsp3) is 0.529. The highest BCUT2D eigenvalue weighted by Gasteiger charge is 2.31. The van der Waals surface area contributed by atoms with Gasteiger partial charge in [0, 0.05) is 12.1 Å². The van der Waals surface area contributed by atoms with Gasteiger partial charge < -0.3 is 10.4 Å². The third kappa shape index (κ3) is 4.12. The summed E-state index contributed by atoms with van der Waals surface area (Å²) in [5.74, 6) is -1.08. The van der Waals surface area contributed by atoms with E-state index in [0.717, 1.165) is 24.7 Å². The lowest BCUT2D eigenvalue weighted by Crippen LogP contribution is -2.41. The molecule has 25 heavy (non-hydrogen) atoms. The molecule has 0 spiro atoms. The zero-order valence-corrected chi connectivity index (χ0v) is 14.9. The molecular formula is C17H22N2O5S. The van der Waals surface area contributed by atoms with Crippen molar-refractivity contribution in [1.29, 1.82) is 0 Å². The molecule has 1 fully saturated rings. The fourth-order valence-corrected chi connectivity index (χ4v) is 4.19. The van der Waals surface area contributed by atoms with Crippen LogP contribution >= 0.6 is 0 Å². The summed E-state index contributed by atoms with van der Waals surface area (Å²) in [6, 6.07) is 3.95. The number of carboxylic acids is 1. The SMILES string of the molecule is CS(=O)(=O)N1CCCc2cc(C(=O)NC(CC3CC3)C(=O)O)ccc21. The monoisotopic (exact) mass is 366 g/mol. The Labute approximate surface area is 147 Å². The van der Waals surface area contributed by atoms with Crippen LogP contribution < -0.4 is 9.62 Å². The number of fused-ring (bicyclic) bond motifs is 1. The Hall–Kier alpha value is -2.09. The highest BCUT2D eigenvalue weighted by Crippen LogP contribution is 2.34. The first-order chi connectivity index (χ1) is 11.8. The maximum atomic E-state index is 12.4. The normalized spacial score (nSPS) is 18.4. The molecule has 7 nitrogen and oxygen atoms in total. The average molecular weight is 366 g/mol. The second kappa shape index (κ2) is 6.67. The van der Waals surface area contributed by atoms with Gasteiger partial charge in [0.05, 0.1) is 11.9 Å². The molecule has 0 aromatic heterocycles. The fourth-order valence-electron chi connectivity index (χ4n) is 3.20. The Kier molecular flexibility index (Phi) is 4.73. The molecule has 2 N–H and O–H groups in total. The number of aryl methyl sites for hydroxylation is 1. The van der Waals surface area contributed by atoms with Gasteiger partial charge >= 0.3 is 5.97 Å². The molecule has 1 amide bonds. The van der Waals surface area contributed by atoms with E-state index in [-0.39, 0.29) is 0 Å². The first kappa shape index (κ1) is 17.7. The Bertz CT molecular complexity index is 801. The molecular weight excluding hydrogens is 344 g/mol. The van der Waals surface area contributed by atoms with Gasteiger partial charge in [-0.05, 0) is 48.9 Å². The molecule has 8 heteroatoms. The van der Waals surface area contributed by atoms with Crippen LogP contribution in [-0.4, -0.2) is 44.2 Å². The van der Waals surface area contributed by atoms with Crippen molar-refractivity contribution in [3.05, 3.63) is 29.3 Å². The van der Waals surface area contributed by atoms with Crippen molar-refractivity contribution in [2.75, 3.05) is 17.1 Å². The van der Waals surface area contributed by atoms with Crippen LogP contribution in [0.15, 0.2) is 18.2 Å². The summed E-state index contributed by atoms with van der Waals surface area (Å²) in [5, 5.41) is 11.9. The van der Waals surface area contributed by atoms with Crippen LogP contribution in [0.2, 0.25) is 0 Å². The molecule has 0 bridgehead atoms. The van der Waals surface area contributed by atoms with E-state index in [9.17, 15) is 23.1 Å². The molecule has 1 aliphatic carbocycles. The van der Waals surface area contributed by atoms with Crippen molar-refractivity contribution >= 4 is 27.6 Å². The van der Waals surface area contributed by atoms with Gasteiger partial charge in [-0.3, -0.25) is 9.10 Å². The first-order valence-corrected chi connectivity index (χ1v) is 10.2. The highest BCUT2D eigenvalue weighted by molar-refractivity contribution is 7.92. The molecule has 1 atom stereocenters. The van der Waals surface area contributed by atoms with E-state index in [2.05, 4.69) is 5.32 Å². The maximum absolute atomic E-state index is 12.4. The number of amides is 1. The number of rotatable bonds is 6. The van der Waals surface area contributed by atoms with E-state index in [0.29, 0.717) is 43.0 Å². The molecule has 1 unspecified atom stereocenters. The largest absolute Gasteiger partial charge is 0.480 e. The Morgan fingerprint density at radius 1 is 1.36 bits per heavy atom. The van der Waals surface area contributed by atoms with Gasteiger partial charge in [0.1, 0.15) is 6.04 Å². The van der Waals surface area contributed by atoms with Gasteiger partial charge in [0.25, 0.3) is 5.91 Å². The highest BCUT2D eigenvalue weighted by atomic mass is 32.2. The number of carboxylic acid groups (broad SMARTS) is 1. The van der Waals surface area contributed by atoms with Crippen molar-refractivity contribution < 1.29 is 23.1 Å². The van der Waals surface area contributed by atoms with Crippen LogP contribution in [0.4, 0.5) is 5.69 Å². The van der Waals surface area contributed by atoms with Gasteiger partial charge in [-0.25, -0.2) is 13.2 Å². The van der Waals surface area contributed by atoms with Crippen LogP contribution in [-0.2, 0) is 21.2 Å². The van der Waals surface area contributed by atoms with E-state index < -0.39 is 27.9 Å². The number of hydrogen-bond donors (Lipinski definition) is 2. The molecule has 1 aromatic rings. The quantitative estimate of drug-likeness (QED) is 0.792. The van der Waals surface area contributed by atoms with Crippen LogP contribution in [0, 0.1) is 5.92 Å². The second-order valence-corrected chi connectivity index (χ2v) is 8.73. The van der Waals surface area contributed by atoms with E-state index in [1.165, 1.54) is 4.31 Å². The predicted molar refractivity (Wildman–Crippen MR) is 93.2 cm³/mol. The number of sulfonamides is 1. The summed E-state index contributed by atoms with van der Waals surface area (Å²) in [5.41, 5.74) is 1.74. The molecule has 0 saturated heterocycles. The number of hydrogen-bond acceptors (Lipinski definition) is 4. The minimum absolute atomic E-state index is 0.358. The molecule has 1 heterocycles. The number of benzene rings is 1. The summed E-state index contributed by atoms with van der Waals surface area (Å²) >= 11 is 0. The van der Waals surface area contributed by atoms with Crippen molar-refractivity contribution in [3.8, 4) is 0 Å². The molecule has 2 aliphatic rings. The van der Waals surface area contributed by atoms with Gasteiger partial charge in [-0.2, -0.15) is 0 Å². The third-order valence-corrected chi connectivity index (χ3v) is 5.87. The standard InChI is InChI=1S/C17H22N2O5S/c1-25(23,24)19-8-2-3-12-10-13(6-7-15(12)19)16(20)18-14(17(21)22)9-11-4-5-11/h6-7,10-11,14H,2-5,8-9H2,1H3,(H,18,20)(H,21,22). The van der Waals surface area contributed by atoms with Crippen LogP contribution in [0.5, 0.6) is 0 Å². The van der Waals surface area contributed by atoms with Gasteiger partial charge in [0.2, 0.25) is 10.0 Å². The van der Waals surface area contributed by atoms with E-state index >= 15 is 0 Å². The molecule has 1 aromatic carbocycles. The Morgan fingerprint density at radius 2 is 2.08 bits per heavy atom. The van der Waals surface area contributed by atoms with Gasteiger partial charge in [0.15, 0.2) is 0 Å². The number of aliphatic carboxylic acids is 1. The summed E-state index contributed by atoms with van der Waals surface area (Å²) in [4.78, 5) is 23.7. The number of nitrogens with one attached hydrogen (secondary N) is 1. The second-order valence-electron chi connectivity index (χ2n) is 6.83. The summed E-state index contributed by atoms with van der Waals surface area (Å²) < 4.78 is 25.1. The Balaban J connectivity index is 1.79. The molecule has 0 radical (unpaired) electrons. The third-order valence-electron chi connectivity index (χ3n) is 4.69.